The Labute approximate surface area is 114 Å². The zero-order valence-electron chi connectivity index (χ0n) is 11.9. The number of hydrogen-bond donors (Lipinski definition) is 1. The van der Waals surface area contributed by atoms with E-state index in [1.807, 2.05) is 13.8 Å². The zero-order valence-corrected chi connectivity index (χ0v) is 11.9. The van der Waals surface area contributed by atoms with Gasteiger partial charge in [0.15, 0.2) is 0 Å². The summed E-state index contributed by atoms with van der Waals surface area (Å²) in [7, 11) is 0. The van der Waals surface area contributed by atoms with Gasteiger partial charge in [-0.05, 0) is 52.0 Å². The van der Waals surface area contributed by atoms with Crippen molar-refractivity contribution in [2.24, 2.45) is 5.92 Å². The third kappa shape index (κ3) is 3.21. The Balaban J connectivity index is 1.73. The van der Waals surface area contributed by atoms with Gasteiger partial charge in [-0.1, -0.05) is 0 Å². The van der Waals surface area contributed by atoms with Crippen LogP contribution >= 0.6 is 0 Å². The zero-order chi connectivity index (χ0) is 13.2. The van der Waals surface area contributed by atoms with E-state index in [1.54, 1.807) is 0 Å². The molecule has 2 fully saturated rings. The molecule has 1 aliphatic heterocycles. The molecular formula is C14H23N5. The smallest absolute Gasteiger partial charge is 0.245 e. The summed E-state index contributed by atoms with van der Waals surface area (Å²) in [5.41, 5.74) is 1.92. The molecule has 1 saturated carbocycles. The summed E-state index contributed by atoms with van der Waals surface area (Å²) in [6.45, 7) is 7.22. The van der Waals surface area contributed by atoms with E-state index >= 15 is 0 Å². The fourth-order valence-electron chi connectivity index (χ4n) is 2.61. The lowest BCUT2D eigenvalue weighted by Crippen LogP contribution is -2.39. The summed E-state index contributed by atoms with van der Waals surface area (Å²) < 4.78 is 0. The van der Waals surface area contributed by atoms with Crippen molar-refractivity contribution in [2.45, 2.75) is 45.6 Å². The quantitative estimate of drug-likeness (QED) is 0.869. The third-order valence-electron chi connectivity index (χ3n) is 4.14. The molecule has 0 radical (unpaired) electrons. The van der Waals surface area contributed by atoms with Crippen LogP contribution in [0.3, 0.4) is 0 Å². The first-order valence-electron chi connectivity index (χ1n) is 7.38. The van der Waals surface area contributed by atoms with Gasteiger partial charge < -0.3 is 10.2 Å². The van der Waals surface area contributed by atoms with Crippen LogP contribution in [-0.4, -0.2) is 40.9 Å². The summed E-state index contributed by atoms with van der Waals surface area (Å²) in [5.74, 6) is 1.65. The highest BCUT2D eigenvalue weighted by molar-refractivity contribution is 5.31. The minimum Gasteiger partial charge on any atom is -0.338 e. The van der Waals surface area contributed by atoms with Gasteiger partial charge in [-0.25, -0.2) is 4.98 Å². The Bertz CT molecular complexity index is 437. The fraction of sp³-hybridized carbons (Fsp3) is 0.786. The fourth-order valence-corrected chi connectivity index (χ4v) is 2.61. The number of anilines is 1. The Morgan fingerprint density at radius 1 is 1.11 bits per heavy atom. The first kappa shape index (κ1) is 12.8. The van der Waals surface area contributed by atoms with Crippen LogP contribution in [0, 0.1) is 19.8 Å². The van der Waals surface area contributed by atoms with Gasteiger partial charge in [-0.15, -0.1) is 5.10 Å². The maximum atomic E-state index is 4.62. The highest BCUT2D eigenvalue weighted by Gasteiger charge is 2.28. The van der Waals surface area contributed by atoms with Crippen LogP contribution in [0.5, 0.6) is 0 Å². The highest BCUT2D eigenvalue weighted by Crippen LogP contribution is 2.31. The molecule has 5 heteroatoms. The number of nitrogens with one attached hydrogen (secondary N) is 1. The Morgan fingerprint density at radius 3 is 2.58 bits per heavy atom. The minimum atomic E-state index is 0.587. The molecule has 1 N–H and O–H groups in total. The molecule has 1 unspecified atom stereocenters. The third-order valence-corrected chi connectivity index (χ3v) is 4.14. The van der Waals surface area contributed by atoms with Gasteiger partial charge in [0.2, 0.25) is 5.95 Å². The molecule has 0 aromatic carbocycles. The molecule has 1 aliphatic carbocycles. The van der Waals surface area contributed by atoms with Crippen LogP contribution in [0.15, 0.2) is 0 Å². The molecule has 0 spiro atoms. The largest absolute Gasteiger partial charge is 0.338 e. The summed E-state index contributed by atoms with van der Waals surface area (Å²) in [5, 5.41) is 12.1. The summed E-state index contributed by atoms with van der Waals surface area (Å²) in [6.07, 6.45) is 5.26. The minimum absolute atomic E-state index is 0.587. The van der Waals surface area contributed by atoms with Crippen LogP contribution in [-0.2, 0) is 0 Å². The monoisotopic (exact) mass is 261 g/mol. The van der Waals surface area contributed by atoms with Gasteiger partial charge in [0.1, 0.15) is 0 Å². The van der Waals surface area contributed by atoms with Crippen molar-refractivity contribution >= 4 is 5.95 Å². The summed E-state index contributed by atoms with van der Waals surface area (Å²) in [4.78, 5) is 6.95. The first-order chi connectivity index (χ1) is 9.22. The number of rotatable bonds is 5. The molecular weight excluding hydrogens is 238 g/mol. The van der Waals surface area contributed by atoms with Crippen molar-refractivity contribution < 1.29 is 0 Å². The van der Waals surface area contributed by atoms with Gasteiger partial charge in [-0.2, -0.15) is 5.10 Å². The van der Waals surface area contributed by atoms with E-state index in [1.165, 1.54) is 25.7 Å². The van der Waals surface area contributed by atoms with E-state index in [-0.39, 0.29) is 0 Å². The second kappa shape index (κ2) is 5.41. The lowest BCUT2D eigenvalue weighted by atomic mass is 10.2. The van der Waals surface area contributed by atoms with E-state index in [9.17, 15) is 0 Å². The number of hydrogen-bond acceptors (Lipinski definition) is 5. The van der Waals surface area contributed by atoms with Crippen molar-refractivity contribution in [3.05, 3.63) is 11.4 Å². The van der Waals surface area contributed by atoms with E-state index in [0.29, 0.717) is 6.04 Å². The molecule has 1 aromatic rings. The maximum absolute atomic E-state index is 4.62. The predicted molar refractivity (Wildman–Crippen MR) is 75.3 cm³/mol. The van der Waals surface area contributed by atoms with E-state index in [4.69, 9.17) is 0 Å². The van der Waals surface area contributed by atoms with Crippen LogP contribution < -0.4 is 10.2 Å². The molecule has 1 atom stereocenters. The van der Waals surface area contributed by atoms with Crippen LogP contribution in [0.4, 0.5) is 5.95 Å². The normalized spacial score (nSPS) is 22.7. The Hall–Kier alpha value is -1.23. The van der Waals surface area contributed by atoms with Crippen LogP contribution in [0.25, 0.3) is 0 Å². The van der Waals surface area contributed by atoms with Crippen molar-refractivity contribution in [3.63, 3.8) is 0 Å². The van der Waals surface area contributed by atoms with E-state index < -0.39 is 0 Å². The molecule has 2 heterocycles. The molecule has 0 amide bonds. The predicted octanol–water partition coefficient (Wildman–Crippen LogP) is 1.46. The molecule has 104 valence electrons. The van der Waals surface area contributed by atoms with Crippen molar-refractivity contribution in [3.8, 4) is 0 Å². The lowest BCUT2D eigenvalue weighted by Gasteiger charge is -2.25. The second-order valence-electron chi connectivity index (χ2n) is 5.92. The SMILES string of the molecule is Cc1nnc(N(CC2CC2)CC2CCCN2)nc1C. The second-order valence-corrected chi connectivity index (χ2v) is 5.92. The lowest BCUT2D eigenvalue weighted by molar-refractivity contribution is 0.559. The Kier molecular flexibility index (Phi) is 3.64. The average Bonchev–Trinajstić information content (AvgIpc) is 3.06. The van der Waals surface area contributed by atoms with Gasteiger partial charge in [0, 0.05) is 19.1 Å². The molecule has 2 aliphatic rings. The van der Waals surface area contributed by atoms with Crippen LogP contribution in [0.1, 0.15) is 37.1 Å². The first-order valence-corrected chi connectivity index (χ1v) is 7.38. The van der Waals surface area contributed by atoms with Gasteiger partial charge in [-0.3, -0.25) is 0 Å². The number of aryl methyl sites for hydroxylation is 2. The van der Waals surface area contributed by atoms with Crippen molar-refractivity contribution in [1.29, 1.82) is 0 Å². The topological polar surface area (TPSA) is 53.9 Å². The molecule has 19 heavy (non-hydrogen) atoms. The molecule has 1 aromatic heterocycles. The van der Waals surface area contributed by atoms with Gasteiger partial charge in [0.05, 0.1) is 11.4 Å². The molecule has 1 saturated heterocycles. The van der Waals surface area contributed by atoms with E-state index in [2.05, 4.69) is 25.4 Å². The van der Waals surface area contributed by atoms with E-state index in [0.717, 1.165) is 42.9 Å². The average molecular weight is 261 g/mol. The highest BCUT2D eigenvalue weighted by atomic mass is 15.3. The van der Waals surface area contributed by atoms with Gasteiger partial charge >= 0.3 is 0 Å². The van der Waals surface area contributed by atoms with Crippen molar-refractivity contribution in [2.75, 3.05) is 24.5 Å². The Morgan fingerprint density at radius 2 is 1.95 bits per heavy atom. The maximum Gasteiger partial charge on any atom is 0.245 e. The summed E-state index contributed by atoms with van der Waals surface area (Å²) >= 11 is 0. The molecule has 5 nitrogen and oxygen atoms in total. The molecule has 0 bridgehead atoms. The van der Waals surface area contributed by atoms with Crippen molar-refractivity contribution in [1.82, 2.24) is 20.5 Å². The number of aromatic nitrogens is 3. The number of nitrogens with zero attached hydrogens (tertiary/aromatic N) is 4. The summed E-state index contributed by atoms with van der Waals surface area (Å²) in [6, 6.07) is 0.587. The van der Waals surface area contributed by atoms with Gasteiger partial charge in [0.25, 0.3) is 0 Å². The standard InChI is InChI=1S/C14H23N5/c1-10-11(2)17-18-14(16-10)19(8-12-5-6-12)9-13-4-3-7-15-13/h12-13,15H,3-9H2,1-2H3. The van der Waals surface area contributed by atoms with Crippen LogP contribution in [0.2, 0.25) is 0 Å². The molecule has 3 rings (SSSR count).